The van der Waals surface area contributed by atoms with Crippen LogP contribution in [-0.4, -0.2) is 24.5 Å². The summed E-state index contributed by atoms with van der Waals surface area (Å²) in [4.78, 5) is 21.1. The van der Waals surface area contributed by atoms with E-state index in [4.69, 9.17) is 19.9 Å². The fourth-order valence-electron chi connectivity index (χ4n) is 8.40. The fourth-order valence-corrected chi connectivity index (χ4v) is 8.40. The lowest BCUT2D eigenvalue weighted by Crippen LogP contribution is -2.03. The highest BCUT2D eigenvalue weighted by Gasteiger charge is 2.21. The van der Waals surface area contributed by atoms with Crippen LogP contribution < -0.4 is 0 Å². The summed E-state index contributed by atoms with van der Waals surface area (Å²) in [6.07, 6.45) is 0. The zero-order valence-corrected chi connectivity index (χ0v) is 34.0. The maximum absolute atomic E-state index is 9.69. The summed E-state index contributed by atoms with van der Waals surface area (Å²) < 4.78 is 2.32. The van der Waals surface area contributed by atoms with E-state index in [2.05, 4.69) is 126 Å². The van der Waals surface area contributed by atoms with Gasteiger partial charge in [0.15, 0.2) is 11.6 Å². The van der Waals surface area contributed by atoms with Crippen molar-refractivity contribution >= 4 is 21.8 Å². The molecule has 0 N–H and O–H groups in total. The molecule has 6 heteroatoms. The molecule has 3 aromatic heterocycles. The van der Waals surface area contributed by atoms with E-state index in [0.717, 1.165) is 94.8 Å². The largest absolute Gasteiger partial charge is 0.309 e. The molecule has 63 heavy (non-hydrogen) atoms. The molecule has 0 radical (unpaired) electrons. The highest BCUT2D eigenvalue weighted by Crippen LogP contribution is 2.40. The van der Waals surface area contributed by atoms with E-state index in [1.807, 2.05) is 103 Å². The monoisotopic (exact) mass is 804 g/mol. The topological polar surface area (TPSA) is 80.3 Å². The lowest BCUT2D eigenvalue weighted by molar-refractivity contribution is 1.13. The van der Waals surface area contributed by atoms with E-state index in [-0.39, 0.29) is 0 Å². The Morgan fingerprint density at radius 3 is 1.41 bits per heavy atom. The predicted molar refractivity (Wildman–Crippen MR) is 255 cm³/mol. The fraction of sp³-hybridized carbons (Fsp3) is 0. The SMILES string of the molecule is N#Cc1cccc(-c2ccc3c(c2)c2ccccc2n3-c2ccc(-c3cc(-c4ccccc4)nc(-c4ccccc4)n3)cc2-c2nc(-c3ccccc3)cc(-c3ccccc3)n2)c1. The van der Waals surface area contributed by atoms with Crippen molar-refractivity contribution in [3.05, 3.63) is 224 Å². The van der Waals surface area contributed by atoms with Gasteiger partial charge in [-0.3, -0.25) is 0 Å². The van der Waals surface area contributed by atoms with Gasteiger partial charge in [0.1, 0.15) is 0 Å². The third-order valence-corrected chi connectivity index (χ3v) is 11.5. The molecule has 3 heterocycles. The lowest BCUT2D eigenvalue weighted by atomic mass is 10.0. The maximum atomic E-state index is 9.69. The molecule has 294 valence electrons. The third-order valence-electron chi connectivity index (χ3n) is 11.5. The van der Waals surface area contributed by atoms with Crippen LogP contribution >= 0.6 is 0 Å². The molecule has 0 aliphatic carbocycles. The summed E-state index contributed by atoms with van der Waals surface area (Å²) in [5.74, 6) is 1.23. The summed E-state index contributed by atoms with van der Waals surface area (Å²) in [6, 6.07) is 76.7. The summed E-state index contributed by atoms with van der Waals surface area (Å²) in [5, 5.41) is 11.9. The van der Waals surface area contributed by atoms with Crippen LogP contribution in [0.2, 0.25) is 0 Å². The number of nitrogens with zero attached hydrogens (tertiary/aromatic N) is 6. The second-order valence-electron chi connectivity index (χ2n) is 15.4. The van der Waals surface area contributed by atoms with Crippen LogP contribution in [0.15, 0.2) is 218 Å². The Morgan fingerprint density at radius 2 is 0.810 bits per heavy atom. The molecule has 0 spiro atoms. The van der Waals surface area contributed by atoms with Gasteiger partial charge in [-0.1, -0.05) is 164 Å². The summed E-state index contributed by atoms with van der Waals surface area (Å²) in [5.41, 5.74) is 14.6. The second kappa shape index (κ2) is 16.0. The Labute approximate surface area is 364 Å². The Bertz CT molecular complexity index is 3390. The molecule has 0 amide bonds. The number of hydrogen-bond acceptors (Lipinski definition) is 5. The van der Waals surface area contributed by atoms with Crippen LogP contribution in [0.25, 0.3) is 106 Å². The van der Waals surface area contributed by atoms with Crippen molar-refractivity contribution in [2.24, 2.45) is 0 Å². The molecule has 0 aliphatic rings. The molecule has 11 aromatic rings. The van der Waals surface area contributed by atoms with Crippen LogP contribution in [0.1, 0.15) is 5.56 Å². The van der Waals surface area contributed by atoms with E-state index >= 15 is 0 Å². The van der Waals surface area contributed by atoms with Crippen molar-refractivity contribution in [3.63, 3.8) is 0 Å². The predicted octanol–water partition coefficient (Wildman–Crippen LogP) is 13.9. The summed E-state index contributed by atoms with van der Waals surface area (Å²) >= 11 is 0. The van der Waals surface area contributed by atoms with Crippen LogP contribution in [0.4, 0.5) is 0 Å². The highest BCUT2D eigenvalue weighted by molar-refractivity contribution is 6.11. The normalized spacial score (nSPS) is 11.2. The van der Waals surface area contributed by atoms with Crippen molar-refractivity contribution in [1.82, 2.24) is 24.5 Å². The third kappa shape index (κ3) is 7.10. The van der Waals surface area contributed by atoms with Crippen molar-refractivity contribution in [2.45, 2.75) is 0 Å². The van der Waals surface area contributed by atoms with Gasteiger partial charge in [-0.2, -0.15) is 5.26 Å². The van der Waals surface area contributed by atoms with Crippen molar-refractivity contribution < 1.29 is 0 Å². The molecule has 0 saturated heterocycles. The van der Waals surface area contributed by atoms with Gasteiger partial charge in [0.25, 0.3) is 0 Å². The summed E-state index contributed by atoms with van der Waals surface area (Å²) in [6.45, 7) is 0. The summed E-state index contributed by atoms with van der Waals surface area (Å²) in [7, 11) is 0. The van der Waals surface area contributed by atoms with Crippen molar-refractivity contribution in [1.29, 1.82) is 5.26 Å². The molecule has 0 atom stereocenters. The standard InChI is InChI=1S/C57H36N6/c58-37-38-16-15-25-43(32-38)44-28-30-54-47(33-44)46-26-13-14-27-53(46)63(54)55-31-29-45(52-36-49(39-17-5-1-6-18-39)59-56(60-52)42-23-11-4-12-24-42)34-48(55)57-61-50(40-19-7-2-8-20-40)35-51(62-57)41-21-9-3-10-22-41/h1-36H. The molecule has 0 aliphatic heterocycles. The number of benzene rings is 8. The van der Waals surface area contributed by atoms with Gasteiger partial charge in [0.05, 0.1) is 51.1 Å². The Kier molecular flexibility index (Phi) is 9.45. The Balaban J connectivity index is 1.19. The molecule has 6 nitrogen and oxygen atoms in total. The molecular weight excluding hydrogens is 769 g/mol. The van der Waals surface area contributed by atoms with Crippen LogP contribution in [0.5, 0.6) is 0 Å². The minimum atomic E-state index is 0.587. The first-order valence-corrected chi connectivity index (χ1v) is 20.9. The molecule has 0 bridgehead atoms. The number of aromatic nitrogens is 5. The van der Waals surface area contributed by atoms with Crippen molar-refractivity contribution in [3.8, 4) is 90.7 Å². The number of hydrogen-bond donors (Lipinski definition) is 0. The minimum absolute atomic E-state index is 0.587. The number of para-hydroxylation sites is 1. The van der Waals surface area contributed by atoms with Gasteiger partial charge in [0, 0.05) is 44.2 Å². The van der Waals surface area contributed by atoms with Crippen LogP contribution in [-0.2, 0) is 0 Å². The average Bonchev–Trinajstić information content (AvgIpc) is 3.70. The quantitative estimate of drug-likeness (QED) is 0.153. The van der Waals surface area contributed by atoms with E-state index in [1.165, 1.54) is 0 Å². The number of rotatable bonds is 8. The average molecular weight is 805 g/mol. The van der Waals surface area contributed by atoms with Gasteiger partial charge in [-0.15, -0.1) is 0 Å². The van der Waals surface area contributed by atoms with Gasteiger partial charge in [-0.25, -0.2) is 19.9 Å². The molecule has 8 aromatic carbocycles. The molecule has 0 fully saturated rings. The van der Waals surface area contributed by atoms with E-state index < -0.39 is 0 Å². The van der Waals surface area contributed by atoms with Gasteiger partial charge < -0.3 is 4.57 Å². The molecule has 0 saturated carbocycles. The first-order chi connectivity index (χ1) is 31.2. The van der Waals surface area contributed by atoms with Gasteiger partial charge in [-0.05, 0) is 65.7 Å². The smallest absolute Gasteiger partial charge is 0.162 e. The van der Waals surface area contributed by atoms with E-state index in [0.29, 0.717) is 17.2 Å². The number of nitriles is 1. The van der Waals surface area contributed by atoms with Gasteiger partial charge in [0.2, 0.25) is 0 Å². The zero-order valence-electron chi connectivity index (χ0n) is 34.0. The Morgan fingerprint density at radius 1 is 0.333 bits per heavy atom. The van der Waals surface area contributed by atoms with Gasteiger partial charge >= 0.3 is 0 Å². The minimum Gasteiger partial charge on any atom is -0.309 e. The Hall–Kier alpha value is -8.79. The molecular formula is C57H36N6. The van der Waals surface area contributed by atoms with Crippen molar-refractivity contribution in [2.75, 3.05) is 0 Å². The van der Waals surface area contributed by atoms with E-state index in [9.17, 15) is 5.26 Å². The molecule has 11 rings (SSSR count). The molecule has 0 unspecified atom stereocenters. The first kappa shape index (κ1) is 37.2. The number of fused-ring (bicyclic) bond motifs is 3. The van der Waals surface area contributed by atoms with Crippen LogP contribution in [0.3, 0.4) is 0 Å². The van der Waals surface area contributed by atoms with E-state index in [1.54, 1.807) is 0 Å². The highest BCUT2D eigenvalue weighted by atomic mass is 15.0. The zero-order chi connectivity index (χ0) is 42.1. The first-order valence-electron chi connectivity index (χ1n) is 20.9. The lowest BCUT2D eigenvalue weighted by Gasteiger charge is -2.17. The maximum Gasteiger partial charge on any atom is 0.162 e. The second-order valence-corrected chi connectivity index (χ2v) is 15.4. The van der Waals surface area contributed by atoms with Crippen LogP contribution in [0, 0.1) is 11.3 Å².